The quantitative estimate of drug-likeness (QED) is 0.673. The zero-order valence-electron chi connectivity index (χ0n) is 14.0. The molecule has 26 heavy (non-hydrogen) atoms. The number of hydrogen-bond donors (Lipinski definition) is 1. The van der Waals surface area contributed by atoms with Crippen LogP contribution in [0.1, 0.15) is 23.3 Å². The van der Waals surface area contributed by atoms with E-state index in [4.69, 9.17) is 27.9 Å². The van der Waals surface area contributed by atoms with Gasteiger partial charge in [0.1, 0.15) is 17.5 Å². The minimum absolute atomic E-state index is 0.0125. The van der Waals surface area contributed by atoms with Crippen LogP contribution in [0.4, 0.5) is 0 Å². The summed E-state index contributed by atoms with van der Waals surface area (Å²) in [6.07, 6.45) is 1.69. The molecule has 0 bridgehead atoms. The molecule has 0 unspecified atom stereocenters. The van der Waals surface area contributed by atoms with Gasteiger partial charge in [-0.2, -0.15) is 0 Å². The van der Waals surface area contributed by atoms with Gasteiger partial charge in [0.15, 0.2) is 0 Å². The Labute approximate surface area is 161 Å². The number of likely N-dealkylation sites (tertiary alicyclic amines) is 1. The van der Waals surface area contributed by atoms with Crippen LogP contribution in [-0.2, 0) is 0 Å². The molecule has 1 saturated heterocycles. The Morgan fingerprint density at radius 3 is 2.58 bits per heavy atom. The first kappa shape index (κ1) is 17.3. The van der Waals surface area contributed by atoms with E-state index in [2.05, 4.69) is 4.98 Å². The number of ether oxygens (including phenoxy) is 1. The van der Waals surface area contributed by atoms with Gasteiger partial charge in [-0.15, -0.1) is 0 Å². The van der Waals surface area contributed by atoms with E-state index in [1.54, 1.807) is 0 Å². The maximum atomic E-state index is 12.8. The number of aromatic nitrogens is 1. The van der Waals surface area contributed by atoms with Crippen molar-refractivity contribution in [3.05, 3.63) is 64.3 Å². The number of piperidine rings is 1. The zero-order chi connectivity index (χ0) is 18.1. The molecule has 1 aliphatic heterocycles. The van der Waals surface area contributed by atoms with Crippen LogP contribution >= 0.6 is 23.2 Å². The van der Waals surface area contributed by atoms with E-state index in [0.29, 0.717) is 28.8 Å². The topological polar surface area (TPSA) is 45.3 Å². The summed E-state index contributed by atoms with van der Waals surface area (Å²) in [6.45, 7) is 1.33. The summed E-state index contributed by atoms with van der Waals surface area (Å²) in [5, 5.41) is 2.27. The van der Waals surface area contributed by atoms with Crippen LogP contribution in [0, 0.1) is 0 Å². The van der Waals surface area contributed by atoms with Crippen LogP contribution in [0.25, 0.3) is 10.9 Å². The number of carbonyl (C=O) groups is 1. The molecule has 134 valence electrons. The number of amides is 1. The average molecular weight is 389 g/mol. The molecule has 1 aliphatic rings. The van der Waals surface area contributed by atoms with Crippen LogP contribution in [0.3, 0.4) is 0 Å². The second kappa shape index (κ2) is 7.22. The standard InChI is InChI=1S/C20H18Cl2N2O2/c21-14-2-1-3-17(12-14)26-16-6-8-24(9-7-16)20(25)19-11-13-10-15(22)4-5-18(13)23-19/h1-5,10-12,16,23H,6-9H2. The maximum absolute atomic E-state index is 12.8. The monoisotopic (exact) mass is 388 g/mol. The van der Waals surface area contributed by atoms with E-state index in [1.807, 2.05) is 53.4 Å². The molecule has 4 rings (SSSR count). The number of nitrogens with one attached hydrogen (secondary N) is 1. The van der Waals surface area contributed by atoms with E-state index in [9.17, 15) is 4.79 Å². The van der Waals surface area contributed by atoms with E-state index < -0.39 is 0 Å². The highest BCUT2D eigenvalue weighted by Crippen LogP contribution is 2.24. The highest BCUT2D eigenvalue weighted by Gasteiger charge is 2.25. The van der Waals surface area contributed by atoms with Crippen molar-refractivity contribution < 1.29 is 9.53 Å². The van der Waals surface area contributed by atoms with Gasteiger partial charge in [0.2, 0.25) is 0 Å². The molecule has 1 amide bonds. The second-order valence-electron chi connectivity index (χ2n) is 6.48. The molecule has 1 fully saturated rings. The van der Waals surface area contributed by atoms with Gasteiger partial charge in [-0.1, -0.05) is 29.3 Å². The summed E-state index contributed by atoms with van der Waals surface area (Å²) in [6, 6.07) is 14.8. The summed E-state index contributed by atoms with van der Waals surface area (Å²) < 4.78 is 5.99. The number of benzene rings is 2. The van der Waals surface area contributed by atoms with E-state index in [-0.39, 0.29) is 12.0 Å². The third-order valence-corrected chi connectivity index (χ3v) is 5.11. The fourth-order valence-electron chi connectivity index (χ4n) is 3.30. The highest BCUT2D eigenvalue weighted by molar-refractivity contribution is 6.31. The number of halogens is 2. The number of fused-ring (bicyclic) bond motifs is 1. The summed E-state index contributed by atoms with van der Waals surface area (Å²) in [5.41, 5.74) is 1.51. The van der Waals surface area contributed by atoms with Crippen molar-refractivity contribution in [3.63, 3.8) is 0 Å². The third kappa shape index (κ3) is 3.67. The molecular formula is C20H18Cl2N2O2. The molecule has 1 N–H and O–H groups in total. The largest absolute Gasteiger partial charge is 0.490 e. The summed E-state index contributed by atoms with van der Waals surface area (Å²) in [4.78, 5) is 17.8. The molecule has 0 radical (unpaired) electrons. The molecule has 2 aromatic carbocycles. The molecule has 1 aromatic heterocycles. The van der Waals surface area contributed by atoms with Crippen LogP contribution < -0.4 is 4.74 Å². The number of carbonyl (C=O) groups excluding carboxylic acids is 1. The van der Waals surface area contributed by atoms with Gasteiger partial charge in [0, 0.05) is 46.9 Å². The van der Waals surface area contributed by atoms with Gasteiger partial charge in [-0.3, -0.25) is 4.79 Å². The van der Waals surface area contributed by atoms with E-state index in [1.165, 1.54) is 0 Å². The lowest BCUT2D eigenvalue weighted by Gasteiger charge is -2.32. The number of aromatic amines is 1. The number of nitrogens with zero attached hydrogens (tertiary/aromatic N) is 1. The summed E-state index contributed by atoms with van der Waals surface area (Å²) in [7, 11) is 0. The highest BCUT2D eigenvalue weighted by atomic mass is 35.5. The van der Waals surface area contributed by atoms with Gasteiger partial charge < -0.3 is 14.6 Å². The minimum Gasteiger partial charge on any atom is -0.490 e. The van der Waals surface area contributed by atoms with Crippen molar-refractivity contribution in [3.8, 4) is 5.75 Å². The Balaban J connectivity index is 1.39. The fourth-order valence-corrected chi connectivity index (χ4v) is 3.66. The lowest BCUT2D eigenvalue weighted by atomic mass is 10.1. The molecule has 6 heteroatoms. The predicted molar refractivity (Wildman–Crippen MR) is 104 cm³/mol. The Morgan fingerprint density at radius 2 is 1.81 bits per heavy atom. The van der Waals surface area contributed by atoms with Crippen molar-refractivity contribution in [2.75, 3.05) is 13.1 Å². The summed E-state index contributed by atoms with van der Waals surface area (Å²) in [5.74, 6) is 0.785. The van der Waals surface area contributed by atoms with Crippen molar-refractivity contribution in [1.82, 2.24) is 9.88 Å². The molecule has 3 aromatic rings. The first-order valence-electron chi connectivity index (χ1n) is 8.58. The first-order chi connectivity index (χ1) is 12.6. The maximum Gasteiger partial charge on any atom is 0.270 e. The number of H-pyrrole nitrogens is 1. The van der Waals surface area contributed by atoms with E-state index in [0.717, 1.165) is 29.5 Å². The van der Waals surface area contributed by atoms with Crippen LogP contribution in [-0.4, -0.2) is 35.0 Å². The second-order valence-corrected chi connectivity index (χ2v) is 7.35. The number of rotatable bonds is 3. The molecule has 4 nitrogen and oxygen atoms in total. The van der Waals surface area contributed by atoms with Crippen molar-refractivity contribution >= 4 is 40.0 Å². The van der Waals surface area contributed by atoms with Gasteiger partial charge >= 0.3 is 0 Å². The fraction of sp³-hybridized carbons (Fsp3) is 0.250. The molecule has 0 atom stereocenters. The Morgan fingerprint density at radius 1 is 1.04 bits per heavy atom. The molecule has 2 heterocycles. The average Bonchev–Trinajstić information content (AvgIpc) is 3.05. The first-order valence-corrected chi connectivity index (χ1v) is 9.34. The lowest BCUT2D eigenvalue weighted by molar-refractivity contribution is 0.0591. The normalized spacial score (nSPS) is 15.4. The zero-order valence-corrected chi connectivity index (χ0v) is 15.6. The van der Waals surface area contributed by atoms with Gasteiger partial charge in [-0.25, -0.2) is 0 Å². The van der Waals surface area contributed by atoms with Crippen LogP contribution in [0.5, 0.6) is 5.75 Å². The third-order valence-electron chi connectivity index (χ3n) is 4.64. The van der Waals surface area contributed by atoms with Crippen molar-refractivity contribution in [2.45, 2.75) is 18.9 Å². The van der Waals surface area contributed by atoms with Crippen LogP contribution in [0.15, 0.2) is 48.5 Å². The SMILES string of the molecule is O=C(c1cc2cc(Cl)ccc2[nH]1)N1CCC(Oc2cccc(Cl)c2)CC1. The Kier molecular flexibility index (Phi) is 4.79. The summed E-state index contributed by atoms with van der Waals surface area (Å²) >= 11 is 12.0. The Hall–Kier alpha value is -2.17. The predicted octanol–water partition coefficient (Wildman–Crippen LogP) is 5.16. The van der Waals surface area contributed by atoms with Crippen molar-refractivity contribution in [2.24, 2.45) is 0 Å². The minimum atomic E-state index is 0.0125. The molecule has 0 aliphatic carbocycles. The van der Waals surface area contributed by atoms with Gasteiger partial charge in [-0.05, 0) is 42.5 Å². The van der Waals surface area contributed by atoms with Gasteiger partial charge in [0.05, 0.1) is 0 Å². The molecular weight excluding hydrogens is 371 g/mol. The molecule has 0 spiro atoms. The van der Waals surface area contributed by atoms with Gasteiger partial charge in [0.25, 0.3) is 5.91 Å². The lowest BCUT2D eigenvalue weighted by Crippen LogP contribution is -2.41. The smallest absolute Gasteiger partial charge is 0.270 e. The van der Waals surface area contributed by atoms with E-state index >= 15 is 0 Å². The van der Waals surface area contributed by atoms with Crippen molar-refractivity contribution in [1.29, 1.82) is 0 Å². The Bertz CT molecular complexity index is 946. The molecule has 0 saturated carbocycles. The van der Waals surface area contributed by atoms with Crippen LogP contribution in [0.2, 0.25) is 10.0 Å². The number of hydrogen-bond acceptors (Lipinski definition) is 2.